The molecular weight excluding hydrogens is 394 g/mol. The SMILES string of the molecule is CCOC(=O)c1ccc(NC(=O)Cc2sc(Nc3ccc(O)cc3)nc2O)cc1. The number of thiazole rings is 1. The zero-order valence-electron chi connectivity index (χ0n) is 15.5. The summed E-state index contributed by atoms with van der Waals surface area (Å²) in [4.78, 5) is 28.3. The second-order valence-corrected chi connectivity index (χ2v) is 7.04. The third kappa shape index (κ3) is 5.45. The molecule has 0 aliphatic carbocycles. The minimum absolute atomic E-state index is 0.0552. The predicted octanol–water partition coefficient (Wildman–Crippen LogP) is 3.66. The van der Waals surface area contributed by atoms with E-state index in [4.69, 9.17) is 4.74 Å². The Hall–Kier alpha value is -3.59. The van der Waals surface area contributed by atoms with Crippen LogP contribution in [0.4, 0.5) is 16.5 Å². The molecule has 1 amide bonds. The molecule has 0 radical (unpaired) electrons. The molecule has 0 bridgehead atoms. The van der Waals surface area contributed by atoms with E-state index in [9.17, 15) is 19.8 Å². The van der Waals surface area contributed by atoms with Gasteiger partial charge >= 0.3 is 5.97 Å². The second kappa shape index (κ2) is 9.07. The zero-order chi connectivity index (χ0) is 20.8. The van der Waals surface area contributed by atoms with Crippen LogP contribution in [-0.4, -0.2) is 33.7 Å². The van der Waals surface area contributed by atoms with Crippen LogP contribution in [0.25, 0.3) is 0 Å². The van der Waals surface area contributed by atoms with Crippen LogP contribution in [0.3, 0.4) is 0 Å². The van der Waals surface area contributed by atoms with Crippen molar-refractivity contribution in [3.05, 3.63) is 59.0 Å². The second-order valence-electron chi connectivity index (χ2n) is 5.96. The Bertz CT molecular complexity index is 1000. The van der Waals surface area contributed by atoms with Gasteiger partial charge in [-0.25, -0.2) is 4.79 Å². The van der Waals surface area contributed by atoms with Crippen molar-refractivity contribution in [2.24, 2.45) is 0 Å². The number of carbonyl (C=O) groups excluding carboxylic acids is 2. The highest BCUT2D eigenvalue weighted by Gasteiger charge is 2.15. The van der Waals surface area contributed by atoms with Gasteiger partial charge in [0.2, 0.25) is 11.8 Å². The summed E-state index contributed by atoms with van der Waals surface area (Å²) in [6.45, 7) is 2.02. The molecule has 3 rings (SSSR count). The number of hydrogen-bond acceptors (Lipinski definition) is 8. The van der Waals surface area contributed by atoms with E-state index in [0.717, 1.165) is 11.3 Å². The minimum atomic E-state index is -0.423. The Morgan fingerprint density at radius 1 is 1.03 bits per heavy atom. The quantitative estimate of drug-likeness (QED) is 0.345. The Labute approximate surface area is 170 Å². The molecule has 2 aromatic carbocycles. The van der Waals surface area contributed by atoms with Crippen LogP contribution < -0.4 is 10.6 Å². The Morgan fingerprint density at radius 3 is 2.34 bits per heavy atom. The van der Waals surface area contributed by atoms with Gasteiger partial charge in [-0.1, -0.05) is 11.3 Å². The monoisotopic (exact) mass is 413 g/mol. The van der Waals surface area contributed by atoms with Crippen LogP contribution >= 0.6 is 11.3 Å². The van der Waals surface area contributed by atoms with Gasteiger partial charge in [0.05, 0.1) is 23.5 Å². The summed E-state index contributed by atoms with van der Waals surface area (Å²) in [6.07, 6.45) is -0.0552. The van der Waals surface area contributed by atoms with Crippen LogP contribution in [0, 0.1) is 0 Å². The molecule has 1 aromatic heterocycles. The average molecular weight is 413 g/mol. The van der Waals surface area contributed by atoms with E-state index in [2.05, 4.69) is 15.6 Å². The first-order chi connectivity index (χ1) is 13.9. The van der Waals surface area contributed by atoms with Gasteiger partial charge < -0.3 is 25.6 Å². The van der Waals surface area contributed by atoms with E-state index >= 15 is 0 Å². The number of carbonyl (C=O) groups is 2. The van der Waals surface area contributed by atoms with Crippen LogP contribution in [0.15, 0.2) is 48.5 Å². The number of phenolic OH excluding ortho intramolecular Hbond substituents is 1. The molecule has 0 atom stereocenters. The predicted molar refractivity (Wildman–Crippen MR) is 110 cm³/mol. The van der Waals surface area contributed by atoms with E-state index in [1.807, 2.05) is 0 Å². The molecule has 0 aliphatic rings. The highest BCUT2D eigenvalue weighted by molar-refractivity contribution is 7.16. The first-order valence-corrected chi connectivity index (χ1v) is 9.58. The maximum atomic E-state index is 12.3. The molecule has 150 valence electrons. The molecule has 0 saturated heterocycles. The summed E-state index contributed by atoms with van der Waals surface area (Å²) in [5.41, 5.74) is 1.61. The van der Waals surface area contributed by atoms with Crippen LogP contribution in [0.1, 0.15) is 22.2 Å². The number of aromatic hydroxyl groups is 2. The molecule has 0 unspecified atom stereocenters. The van der Waals surface area contributed by atoms with Gasteiger partial charge in [-0.2, -0.15) is 4.98 Å². The maximum Gasteiger partial charge on any atom is 0.338 e. The molecular formula is C20H19N3O5S. The van der Waals surface area contributed by atoms with Gasteiger partial charge in [-0.3, -0.25) is 4.79 Å². The van der Waals surface area contributed by atoms with Gasteiger partial charge in [0.15, 0.2) is 5.13 Å². The van der Waals surface area contributed by atoms with E-state index in [1.165, 1.54) is 12.1 Å². The summed E-state index contributed by atoms with van der Waals surface area (Å²) < 4.78 is 4.91. The van der Waals surface area contributed by atoms with Crippen LogP contribution in [0.5, 0.6) is 11.6 Å². The van der Waals surface area contributed by atoms with Crippen molar-refractivity contribution >= 4 is 39.7 Å². The number of aromatic nitrogens is 1. The number of hydrogen-bond donors (Lipinski definition) is 4. The fourth-order valence-electron chi connectivity index (χ4n) is 2.44. The molecule has 29 heavy (non-hydrogen) atoms. The van der Waals surface area contributed by atoms with Gasteiger partial charge in [0.25, 0.3) is 0 Å². The normalized spacial score (nSPS) is 10.4. The Balaban J connectivity index is 1.60. The number of benzene rings is 2. The number of nitrogens with zero attached hydrogens (tertiary/aromatic N) is 1. The lowest BCUT2D eigenvalue weighted by Gasteiger charge is -2.06. The van der Waals surface area contributed by atoms with Crippen molar-refractivity contribution in [1.29, 1.82) is 0 Å². The first-order valence-electron chi connectivity index (χ1n) is 8.76. The van der Waals surface area contributed by atoms with Gasteiger partial charge in [0.1, 0.15) is 5.75 Å². The standard InChI is InChI=1S/C20H19N3O5S/c1-2-28-19(27)12-3-5-13(6-4-12)21-17(25)11-16-18(26)23-20(29-16)22-14-7-9-15(24)10-8-14/h3-10,24,26H,2,11H2,1H3,(H,21,25)(H,22,23). The number of amides is 1. The van der Waals surface area contributed by atoms with Crippen molar-refractivity contribution in [2.45, 2.75) is 13.3 Å². The third-order valence-corrected chi connectivity index (χ3v) is 4.76. The van der Waals surface area contributed by atoms with Crippen molar-refractivity contribution in [3.63, 3.8) is 0 Å². The topological polar surface area (TPSA) is 121 Å². The Kier molecular flexibility index (Phi) is 6.30. The van der Waals surface area contributed by atoms with E-state index in [-0.39, 0.29) is 24.0 Å². The number of ether oxygens (including phenoxy) is 1. The smallest absolute Gasteiger partial charge is 0.338 e. The highest BCUT2D eigenvalue weighted by Crippen LogP contribution is 2.31. The fourth-order valence-corrected chi connectivity index (χ4v) is 3.31. The van der Waals surface area contributed by atoms with Crippen molar-refractivity contribution in [3.8, 4) is 11.6 Å². The number of esters is 1. The molecule has 4 N–H and O–H groups in total. The van der Waals surface area contributed by atoms with E-state index < -0.39 is 5.97 Å². The lowest BCUT2D eigenvalue weighted by atomic mass is 10.2. The van der Waals surface area contributed by atoms with Crippen LogP contribution in [0.2, 0.25) is 0 Å². The number of nitrogens with one attached hydrogen (secondary N) is 2. The van der Waals surface area contributed by atoms with Crippen molar-refractivity contribution in [1.82, 2.24) is 4.98 Å². The maximum absolute atomic E-state index is 12.3. The van der Waals surface area contributed by atoms with Gasteiger partial charge in [0, 0.05) is 11.4 Å². The zero-order valence-corrected chi connectivity index (χ0v) is 16.3. The lowest BCUT2D eigenvalue weighted by molar-refractivity contribution is -0.115. The van der Waals surface area contributed by atoms with E-state index in [1.54, 1.807) is 43.3 Å². The van der Waals surface area contributed by atoms with Gasteiger partial charge in [-0.15, -0.1) is 0 Å². The van der Waals surface area contributed by atoms with Crippen molar-refractivity contribution < 1.29 is 24.5 Å². The minimum Gasteiger partial charge on any atom is -0.508 e. The summed E-state index contributed by atoms with van der Waals surface area (Å²) in [5, 5.41) is 25.5. The largest absolute Gasteiger partial charge is 0.508 e. The number of anilines is 3. The third-order valence-electron chi connectivity index (χ3n) is 3.80. The summed E-state index contributed by atoms with van der Waals surface area (Å²) in [6, 6.07) is 12.7. The van der Waals surface area contributed by atoms with Crippen LogP contribution in [-0.2, 0) is 16.0 Å². The highest BCUT2D eigenvalue weighted by atomic mass is 32.1. The van der Waals surface area contributed by atoms with Gasteiger partial charge in [-0.05, 0) is 55.5 Å². The first kappa shape index (κ1) is 20.2. The molecule has 0 fully saturated rings. The molecule has 1 heterocycles. The molecule has 8 nitrogen and oxygen atoms in total. The molecule has 9 heteroatoms. The number of phenols is 1. The fraction of sp³-hybridized carbons (Fsp3) is 0.150. The Morgan fingerprint density at radius 2 is 1.69 bits per heavy atom. The molecule has 0 aliphatic heterocycles. The summed E-state index contributed by atoms with van der Waals surface area (Å²) in [7, 11) is 0. The number of rotatable bonds is 7. The van der Waals surface area contributed by atoms with Crippen molar-refractivity contribution in [2.75, 3.05) is 17.2 Å². The summed E-state index contributed by atoms with van der Waals surface area (Å²) >= 11 is 1.15. The summed E-state index contributed by atoms with van der Waals surface area (Å²) in [5.74, 6) is -0.827. The average Bonchev–Trinajstić information content (AvgIpc) is 3.03. The molecule has 0 saturated carbocycles. The molecule has 3 aromatic rings. The van der Waals surface area contributed by atoms with E-state index in [0.29, 0.717) is 33.6 Å². The molecule has 0 spiro atoms. The lowest BCUT2D eigenvalue weighted by Crippen LogP contribution is -2.14.